The molecule has 0 saturated carbocycles. The third-order valence-electron chi connectivity index (χ3n) is 4.24. The summed E-state index contributed by atoms with van der Waals surface area (Å²) in [7, 11) is 6.21. The molecule has 1 amide bonds. The number of amides is 1. The fourth-order valence-corrected chi connectivity index (χ4v) is 2.72. The molecule has 1 saturated heterocycles. The van der Waals surface area contributed by atoms with Crippen LogP contribution < -0.4 is 28.6 Å². The van der Waals surface area contributed by atoms with Gasteiger partial charge in [0.15, 0.2) is 23.0 Å². The second-order valence-electron chi connectivity index (χ2n) is 6.02. The number of benzene rings is 2. The average Bonchev–Trinajstić information content (AvgIpc) is 2.80. The van der Waals surface area contributed by atoms with Crippen LogP contribution in [0.4, 0.5) is 5.69 Å². The van der Waals surface area contributed by atoms with Crippen LogP contribution >= 0.6 is 0 Å². The van der Waals surface area contributed by atoms with Gasteiger partial charge < -0.3 is 28.6 Å². The van der Waals surface area contributed by atoms with E-state index in [-0.39, 0.29) is 12.5 Å². The van der Waals surface area contributed by atoms with Gasteiger partial charge in [0.25, 0.3) is 5.91 Å². The van der Waals surface area contributed by atoms with Crippen molar-refractivity contribution in [1.29, 1.82) is 0 Å². The summed E-state index contributed by atoms with van der Waals surface area (Å²) in [4.78, 5) is 13.2. The first kappa shape index (κ1) is 22.5. The first-order chi connectivity index (χ1) is 14.5. The molecule has 7 heteroatoms. The van der Waals surface area contributed by atoms with E-state index >= 15 is 0 Å². The van der Waals surface area contributed by atoms with Gasteiger partial charge in [-0.2, -0.15) is 0 Å². The molecule has 1 fully saturated rings. The zero-order valence-electron chi connectivity index (χ0n) is 17.6. The van der Waals surface area contributed by atoms with Crippen LogP contribution in [0.1, 0.15) is 0 Å². The molecular formula is C23H25NO6. The molecule has 2 aromatic rings. The average molecular weight is 411 g/mol. The van der Waals surface area contributed by atoms with Crippen molar-refractivity contribution in [2.45, 2.75) is 0 Å². The number of hydrogen-bond acceptors (Lipinski definition) is 6. The first-order valence-corrected chi connectivity index (χ1v) is 8.99. The van der Waals surface area contributed by atoms with Crippen LogP contribution in [-0.4, -0.2) is 47.5 Å². The van der Waals surface area contributed by atoms with Crippen molar-refractivity contribution in [2.24, 2.45) is 0 Å². The standard InChI is InChI=1S/C13H15NO4.C10H10O2/c1-8-7-14(13(8)15)9-5-10(16-2)12(18-4)11(6-9)17-3;1-3-8-12-10-7-5-4-6-9(10)11-2/h5-6H,1,7H2,2-4H3;1,4-7H,8H2,2H3. The Hall–Kier alpha value is -3.79. The van der Waals surface area contributed by atoms with Gasteiger partial charge in [-0.1, -0.05) is 24.6 Å². The van der Waals surface area contributed by atoms with Gasteiger partial charge in [0.1, 0.15) is 6.61 Å². The zero-order chi connectivity index (χ0) is 22.1. The fraction of sp³-hybridized carbons (Fsp3) is 0.261. The maximum atomic E-state index is 11.6. The number of ether oxygens (including phenoxy) is 5. The Kier molecular flexibility index (Phi) is 8.00. The number of terminal acetylenes is 1. The number of methoxy groups -OCH3 is 4. The summed E-state index contributed by atoms with van der Waals surface area (Å²) >= 11 is 0. The Bertz CT molecular complexity index is 922. The second-order valence-corrected chi connectivity index (χ2v) is 6.02. The Balaban J connectivity index is 0.000000232. The Morgan fingerprint density at radius 2 is 1.53 bits per heavy atom. The highest BCUT2D eigenvalue weighted by atomic mass is 16.5. The van der Waals surface area contributed by atoms with Crippen molar-refractivity contribution >= 4 is 11.6 Å². The molecule has 0 spiro atoms. The molecule has 30 heavy (non-hydrogen) atoms. The molecule has 7 nitrogen and oxygen atoms in total. The molecule has 0 bridgehead atoms. The predicted molar refractivity (Wildman–Crippen MR) is 115 cm³/mol. The largest absolute Gasteiger partial charge is 0.493 e. The van der Waals surface area contributed by atoms with Gasteiger partial charge in [-0.25, -0.2) is 0 Å². The number of rotatable bonds is 7. The van der Waals surface area contributed by atoms with Crippen molar-refractivity contribution < 1.29 is 28.5 Å². The molecule has 158 valence electrons. The van der Waals surface area contributed by atoms with Gasteiger partial charge in [-0.3, -0.25) is 4.79 Å². The number of carbonyl (C=O) groups is 1. The summed E-state index contributed by atoms with van der Waals surface area (Å²) in [5.74, 6) is 5.25. The van der Waals surface area contributed by atoms with Crippen molar-refractivity contribution in [3.8, 4) is 41.1 Å². The topological polar surface area (TPSA) is 66.5 Å². The summed E-state index contributed by atoms with van der Waals surface area (Å²) in [6.07, 6.45) is 5.05. The molecular weight excluding hydrogens is 386 g/mol. The number of hydrogen-bond donors (Lipinski definition) is 0. The number of carbonyl (C=O) groups excluding carboxylic acids is 1. The monoisotopic (exact) mass is 411 g/mol. The first-order valence-electron chi connectivity index (χ1n) is 8.99. The van der Waals surface area contributed by atoms with E-state index in [1.54, 1.807) is 24.1 Å². The van der Waals surface area contributed by atoms with Gasteiger partial charge >= 0.3 is 0 Å². The minimum atomic E-state index is -0.0794. The Morgan fingerprint density at radius 3 is 1.97 bits per heavy atom. The van der Waals surface area contributed by atoms with Crippen molar-refractivity contribution in [3.63, 3.8) is 0 Å². The smallest absolute Gasteiger partial charge is 0.255 e. The van der Waals surface area contributed by atoms with Gasteiger partial charge in [0.2, 0.25) is 5.75 Å². The van der Waals surface area contributed by atoms with Crippen LogP contribution in [0.2, 0.25) is 0 Å². The van der Waals surface area contributed by atoms with E-state index < -0.39 is 0 Å². The molecule has 1 heterocycles. The Morgan fingerprint density at radius 1 is 0.967 bits per heavy atom. The summed E-state index contributed by atoms with van der Waals surface area (Å²) in [5.41, 5.74) is 1.31. The van der Waals surface area contributed by atoms with Crippen LogP contribution in [-0.2, 0) is 4.79 Å². The third-order valence-corrected chi connectivity index (χ3v) is 4.24. The maximum absolute atomic E-state index is 11.6. The lowest BCUT2D eigenvalue weighted by molar-refractivity contribution is -0.117. The highest BCUT2D eigenvalue weighted by molar-refractivity contribution is 6.13. The van der Waals surface area contributed by atoms with Crippen LogP contribution in [0.5, 0.6) is 28.7 Å². The molecule has 0 aliphatic carbocycles. The van der Waals surface area contributed by atoms with E-state index in [2.05, 4.69) is 12.5 Å². The van der Waals surface area contributed by atoms with Gasteiger partial charge in [0, 0.05) is 17.7 Å². The minimum Gasteiger partial charge on any atom is -0.493 e. The van der Waals surface area contributed by atoms with Gasteiger partial charge in [-0.15, -0.1) is 6.42 Å². The molecule has 1 aliphatic heterocycles. The highest BCUT2D eigenvalue weighted by Crippen LogP contribution is 2.42. The SMILES string of the molecule is C#CCOc1ccccc1OC.C=C1CN(c2cc(OC)c(OC)c(OC)c2)C1=O. The normalized spacial score (nSPS) is 12.0. The van der Waals surface area contributed by atoms with Crippen molar-refractivity contribution in [3.05, 3.63) is 48.6 Å². The minimum absolute atomic E-state index is 0.0794. The van der Waals surface area contributed by atoms with E-state index in [1.807, 2.05) is 24.3 Å². The van der Waals surface area contributed by atoms with E-state index in [9.17, 15) is 4.79 Å². The van der Waals surface area contributed by atoms with Crippen LogP contribution in [0.3, 0.4) is 0 Å². The molecule has 0 atom stereocenters. The van der Waals surface area contributed by atoms with E-state index in [4.69, 9.17) is 30.1 Å². The molecule has 0 aromatic heterocycles. The van der Waals surface area contributed by atoms with E-state index in [0.29, 0.717) is 46.6 Å². The molecule has 0 unspecified atom stereocenters. The predicted octanol–water partition coefficient (Wildman–Crippen LogP) is 3.32. The lowest BCUT2D eigenvalue weighted by Crippen LogP contribution is -2.45. The number of β-lactam (4-membered cyclic amide) rings is 1. The van der Waals surface area contributed by atoms with Crippen LogP contribution in [0.15, 0.2) is 48.6 Å². The second kappa shape index (κ2) is 10.7. The number of nitrogens with zero attached hydrogens (tertiary/aromatic N) is 1. The maximum Gasteiger partial charge on any atom is 0.255 e. The quantitative estimate of drug-likeness (QED) is 0.396. The van der Waals surface area contributed by atoms with Crippen LogP contribution in [0.25, 0.3) is 0 Å². The molecule has 0 radical (unpaired) electrons. The summed E-state index contributed by atoms with van der Waals surface area (Å²) in [6.45, 7) is 4.45. The van der Waals surface area contributed by atoms with Crippen molar-refractivity contribution in [2.75, 3.05) is 46.5 Å². The molecule has 3 rings (SSSR count). The fourth-order valence-electron chi connectivity index (χ4n) is 2.72. The van der Waals surface area contributed by atoms with Crippen LogP contribution in [0, 0.1) is 12.3 Å². The summed E-state index contributed by atoms with van der Waals surface area (Å²) in [5, 5.41) is 0. The van der Waals surface area contributed by atoms with E-state index in [0.717, 1.165) is 0 Å². The third kappa shape index (κ3) is 4.97. The zero-order valence-corrected chi connectivity index (χ0v) is 17.6. The lowest BCUT2D eigenvalue weighted by Gasteiger charge is -2.33. The summed E-state index contributed by atoms with van der Waals surface area (Å²) < 4.78 is 26.0. The lowest BCUT2D eigenvalue weighted by atomic mass is 10.1. The highest BCUT2D eigenvalue weighted by Gasteiger charge is 2.31. The number of para-hydroxylation sites is 2. The molecule has 0 N–H and O–H groups in total. The van der Waals surface area contributed by atoms with Crippen molar-refractivity contribution in [1.82, 2.24) is 0 Å². The van der Waals surface area contributed by atoms with Gasteiger partial charge in [0.05, 0.1) is 40.7 Å². The molecule has 1 aliphatic rings. The Labute approximate surface area is 176 Å². The molecule has 2 aromatic carbocycles. The number of anilines is 1. The van der Waals surface area contributed by atoms with Gasteiger partial charge in [-0.05, 0) is 12.1 Å². The summed E-state index contributed by atoms with van der Waals surface area (Å²) in [6, 6.07) is 10.9. The van der Waals surface area contributed by atoms with E-state index in [1.165, 1.54) is 21.3 Å².